The van der Waals surface area contributed by atoms with Gasteiger partial charge >= 0.3 is 0 Å². The molecule has 7 nitrogen and oxygen atoms in total. The number of thiazole rings is 1. The van der Waals surface area contributed by atoms with Crippen molar-refractivity contribution in [3.05, 3.63) is 106 Å². The molecule has 0 unspecified atom stereocenters. The van der Waals surface area contributed by atoms with Crippen molar-refractivity contribution in [2.45, 2.75) is 32.9 Å². The first-order valence-electron chi connectivity index (χ1n) is 12.6. The van der Waals surface area contributed by atoms with Crippen LogP contribution in [0.1, 0.15) is 40.8 Å². The fourth-order valence-electron chi connectivity index (χ4n) is 5.33. The molecule has 2 aromatic heterocycles. The lowest BCUT2D eigenvalue weighted by Crippen LogP contribution is -2.46. The molecule has 1 N–H and O–H groups in total. The van der Waals surface area contributed by atoms with Crippen LogP contribution in [0.5, 0.6) is 0 Å². The minimum Gasteiger partial charge on any atom is -0.345 e. The molecule has 5 aromatic rings. The van der Waals surface area contributed by atoms with E-state index in [0.29, 0.717) is 16.3 Å². The van der Waals surface area contributed by atoms with Gasteiger partial charge in [-0.1, -0.05) is 30.3 Å². The standard InChI is InChI=1S/C30H26FN5O2S/c1-18-26(39-17-32-18)28(37)34-27-25(19-7-5-4-6-8-19)35(29(38)30(27,2)3)23-13-14-24-20(15-23)16-33-36(24)22-11-9-21(31)10-12-22/h4-17,25,27H,1-3H3,(H,34,37)/t25-,27-/m0/s1. The quantitative estimate of drug-likeness (QED) is 0.304. The zero-order valence-electron chi connectivity index (χ0n) is 21.6. The summed E-state index contributed by atoms with van der Waals surface area (Å²) in [7, 11) is 0. The van der Waals surface area contributed by atoms with Crippen molar-refractivity contribution in [1.29, 1.82) is 0 Å². The van der Waals surface area contributed by atoms with Crippen molar-refractivity contribution >= 4 is 39.7 Å². The highest BCUT2D eigenvalue weighted by molar-refractivity contribution is 7.11. The number of benzene rings is 3. The molecular formula is C30H26FN5O2S. The van der Waals surface area contributed by atoms with Gasteiger partial charge in [-0.05, 0) is 68.8 Å². The lowest BCUT2D eigenvalue weighted by Gasteiger charge is -2.30. The van der Waals surface area contributed by atoms with Crippen LogP contribution in [0.2, 0.25) is 0 Å². The van der Waals surface area contributed by atoms with E-state index in [-0.39, 0.29) is 17.6 Å². The van der Waals surface area contributed by atoms with Crippen LogP contribution in [-0.2, 0) is 4.79 Å². The van der Waals surface area contributed by atoms with E-state index in [1.54, 1.807) is 40.3 Å². The van der Waals surface area contributed by atoms with Crippen LogP contribution in [0, 0.1) is 18.2 Å². The molecule has 9 heteroatoms. The molecule has 3 heterocycles. The third kappa shape index (κ3) is 4.19. The molecule has 0 spiro atoms. The molecule has 3 aromatic carbocycles. The highest BCUT2D eigenvalue weighted by atomic mass is 32.1. The normalized spacial score (nSPS) is 18.6. The number of rotatable bonds is 5. The van der Waals surface area contributed by atoms with Crippen molar-refractivity contribution < 1.29 is 14.0 Å². The molecule has 2 amide bonds. The van der Waals surface area contributed by atoms with Crippen molar-refractivity contribution in [1.82, 2.24) is 20.1 Å². The topological polar surface area (TPSA) is 80.1 Å². The van der Waals surface area contributed by atoms with Crippen molar-refractivity contribution in [2.75, 3.05) is 4.90 Å². The van der Waals surface area contributed by atoms with Crippen LogP contribution >= 0.6 is 11.3 Å². The maximum atomic E-state index is 14.1. The molecule has 196 valence electrons. The Hall–Kier alpha value is -4.37. The molecule has 0 aliphatic carbocycles. The molecule has 2 atom stereocenters. The van der Waals surface area contributed by atoms with Crippen LogP contribution in [-0.4, -0.2) is 32.6 Å². The van der Waals surface area contributed by atoms with Crippen molar-refractivity contribution in [3.63, 3.8) is 0 Å². The third-order valence-electron chi connectivity index (χ3n) is 7.42. The van der Waals surface area contributed by atoms with Crippen LogP contribution < -0.4 is 10.2 Å². The first kappa shape index (κ1) is 24.9. The average Bonchev–Trinajstić information content (AvgIpc) is 3.61. The first-order valence-corrected chi connectivity index (χ1v) is 13.5. The molecule has 1 aliphatic heterocycles. The molecule has 0 saturated carbocycles. The summed E-state index contributed by atoms with van der Waals surface area (Å²) in [5.74, 6) is -0.639. The number of hydrogen-bond acceptors (Lipinski definition) is 5. The Balaban J connectivity index is 1.43. The number of anilines is 1. The van der Waals surface area contributed by atoms with Crippen LogP contribution in [0.15, 0.2) is 84.5 Å². The van der Waals surface area contributed by atoms with Gasteiger partial charge in [-0.2, -0.15) is 5.10 Å². The number of aromatic nitrogens is 3. The number of nitrogens with zero attached hydrogens (tertiary/aromatic N) is 4. The molecule has 6 rings (SSSR count). The Morgan fingerprint density at radius 2 is 1.74 bits per heavy atom. The van der Waals surface area contributed by atoms with Gasteiger partial charge in [-0.3, -0.25) is 9.59 Å². The molecule has 0 radical (unpaired) electrons. The van der Waals surface area contributed by atoms with Gasteiger partial charge in [0.25, 0.3) is 5.91 Å². The van der Waals surface area contributed by atoms with Crippen LogP contribution in [0.25, 0.3) is 16.6 Å². The SMILES string of the molecule is Cc1ncsc1C(=O)N[C@H]1[C@H](c2ccccc2)N(c2ccc3c(cnn3-c3ccc(F)cc3)c2)C(=O)C1(C)C. The second-order valence-electron chi connectivity index (χ2n) is 10.2. The Morgan fingerprint density at radius 3 is 2.44 bits per heavy atom. The molecule has 1 fully saturated rings. The molecular weight excluding hydrogens is 513 g/mol. The minimum absolute atomic E-state index is 0.0899. The summed E-state index contributed by atoms with van der Waals surface area (Å²) < 4.78 is 15.2. The summed E-state index contributed by atoms with van der Waals surface area (Å²) in [6.07, 6.45) is 1.73. The number of aryl methyl sites for hydroxylation is 1. The van der Waals surface area contributed by atoms with E-state index in [2.05, 4.69) is 15.4 Å². The highest BCUT2D eigenvalue weighted by Gasteiger charge is 2.55. The van der Waals surface area contributed by atoms with E-state index >= 15 is 0 Å². The van der Waals surface area contributed by atoms with E-state index < -0.39 is 17.5 Å². The van der Waals surface area contributed by atoms with Gasteiger partial charge in [-0.15, -0.1) is 11.3 Å². The number of hydrogen-bond donors (Lipinski definition) is 1. The second kappa shape index (κ2) is 9.43. The summed E-state index contributed by atoms with van der Waals surface area (Å²) in [5, 5.41) is 8.52. The van der Waals surface area contributed by atoms with Crippen molar-refractivity contribution in [2.24, 2.45) is 5.41 Å². The van der Waals surface area contributed by atoms with E-state index in [1.807, 2.05) is 62.4 Å². The van der Waals surface area contributed by atoms with Crippen LogP contribution in [0.4, 0.5) is 10.1 Å². The number of halogens is 1. The number of nitrogens with one attached hydrogen (secondary N) is 1. The number of carbonyl (C=O) groups is 2. The molecule has 39 heavy (non-hydrogen) atoms. The van der Waals surface area contributed by atoms with Gasteiger partial charge < -0.3 is 10.2 Å². The zero-order valence-corrected chi connectivity index (χ0v) is 22.4. The smallest absolute Gasteiger partial charge is 0.263 e. The molecule has 1 aliphatic rings. The second-order valence-corrected chi connectivity index (χ2v) is 11.1. The fraction of sp³-hybridized carbons (Fsp3) is 0.200. The van der Waals surface area contributed by atoms with Crippen molar-refractivity contribution in [3.8, 4) is 5.69 Å². The number of fused-ring (bicyclic) bond motifs is 1. The Kier molecular flexibility index (Phi) is 6.03. The van der Waals surface area contributed by atoms with Gasteiger partial charge in [0, 0.05) is 11.1 Å². The van der Waals surface area contributed by atoms with Crippen LogP contribution in [0.3, 0.4) is 0 Å². The Morgan fingerprint density at radius 1 is 1.03 bits per heavy atom. The number of amides is 2. The van der Waals surface area contributed by atoms with E-state index in [4.69, 9.17) is 0 Å². The maximum Gasteiger partial charge on any atom is 0.263 e. The summed E-state index contributed by atoms with van der Waals surface area (Å²) in [6.45, 7) is 5.56. The summed E-state index contributed by atoms with van der Waals surface area (Å²) in [5.41, 5.74) is 4.62. The zero-order chi connectivity index (χ0) is 27.3. The maximum absolute atomic E-state index is 14.1. The summed E-state index contributed by atoms with van der Waals surface area (Å²) >= 11 is 1.29. The average molecular weight is 540 g/mol. The predicted octanol–water partition coefficient (Wildman–Crippen LogP) is 5.84. The van der Waals surface area contributed by atoms with Gasteiger partial charge in [-0.25, -0.2) is 14.1 Å². The molecule has 1 saturated heterocycles. The van der Waals surface area contributed by atoms with Gasteiger partial charge in [0.1, 0.15) is 10.7 Å². The molecule has 0 bridgehead atoms. The Labute approximate surface area is 228 Å². The monoisotopic (exact) mass is 539 g/mol. The van der Waals surface area contributed by atoms with Gasteiger partial charge in [0.05, 0.1) is 46.1 Å². The highest BCUT2D eigenvalue weighted by Crippen LogP contribution is 2.47. The number of carbonyl (C=O) groups excluding carboxylic acids is 2. The van der Waals surface area contributed by atoms with E-state index in [9.17, 15) is 14.0 Å². The minimum atomic E-state index is -0.887. The predicted molar refractivity (Wildman–Crippen MR) is 150 cm³/mol. The first-order chi connectivity index (χ1) is 18.8. The summed E-state index contributed by atoms with van der Waals surface area (Å²) in [4.78, 5) is 33.9. The lowest BCUT2D eigenvalue weighted by atomic mass is 9.82. The van der Waals surface area contributed by atoms with E-state index in [1.165, 1.54) is 23.5 Å². The lowest BCUT2D eigenvalue weighted by molar-refractivity contribution is -0.124. The summed E-state index contributed by atoms with van der Waals surface area (Å²) in [6, 6.07) is 20.7. The van der Waals surface area contributed by atoms with Gasteiger partial charge in [0.2, 0.25) is 5.91 Å². The Bertz CT molecular complexity index is 1690. The van der Waals surface area contributed by atoms with E-state index in [0.717, 1.165) is 22.2 Å². The largest absolute Gasteiger partial charge is 0.345 e. The van der Waals surface area contributed by atoms with Gasteiger partial charge in [0.15, 0.2) is 0 Å². The fourth-order valence-corrected chi connectivity index (χ4v) is 6.03. The third-order valence-corrected chi connectivity index (χ3v) is 8.35.